The van der Waals surface area contributed by atoms with Gasteiger partial charge >= 0.3 is 0 Å². The van der Waals surface area contributed by atoms with Crippen molar-refractivity contribution in [2.45, 2.75) is 49.8 Å². The second kappa shape index (κ2) is 10.6. The van der Waals surface area contributed by atoms with Gasteiger partial charge in [-0.2, -0.15) is 0 Å². The Hall–Kier alpha value is -1.91. The van der Waals surface area contributed by atoms with Crippen LogP contribution in [0.15, 0.2) is 66.1 Å². The number of hydrogen-bond acceptors (Lipinski definition) is 3. The smallest absolute Gasteiger partial charge is 0.119 e. The predicted octanol–water partition coefficient (Wildman–Crippen LogP) is 6.43. The molecule has 5 heteroatoms. The zero-order valence-electron chi connectivity index (χ0n) is 16.5. The molecule has 0 saturated heterocycles. The number of imidazole rings is 1. The first-order valence-corrected chi connectivity index (χ1v) is 11.0. The average molecular weight is 415 g/mol. The maximum absolute atomic E-state index is 6.05. The van der Waals surface area contributed by atoms with Crippen LogP contribution >= 0.6 is 23.4 Å². The third-order valence-electron chi connectivity index (χ3n) is 4.58. The Morgan fingerprint density at radius 2 is 2.00 bits per heavy atom. The first-order chi connectivity index (χ1) is 13.6. The van der Waals surface area contributed by atoms with E-state index in [9.17, 15) is 0 Å². The Bertz CT molecular complexity index is 850. The van der Waals surface area contributed by atoms with E-state index in [0.29, 0.717) is 6.61 Å². The third-order valence-corrected chi connectivity index (χ3v) is 6.16. The summed E-state index contributed by atoms with van der Waals surface area (Å²) in [6.07, 6.45) is 9.29. The predicted molar refractivity (Wildman–Crippen MR) is 119 cm³/mol. The van der Waals surface area contributed by atoms with Crippen molar-refractivity contribution in [3.05, 3.63) is 77.3 Å². The molecular formula is C23H27ClN2OS. The Morgan fingerprint density at radius 1 is 1.18 bits per heavy atom. The molecule has 0 bridgehead atoms. The van der Waals surface area contributed by atoms with Gasteiger partial charge in [0, 0.05) is 28.9 Å². The molecule has 148 valence electrons. The van der Waals surface area contributed by atoms with Gasteiger partial charge in [0.05, 0.1) is 11.6 Å². The largest absolute Gasteiger partial charge is 0.492 e. The van der Waals surface area contributed by atoms with E-state index in [1.54, 1.807) is 0 Å². The molecule has 0 saturated carbocycles. The lowest BCUT2D eigenvalue weighted by Gasteiger charge is -2.19. The molecule has 1 heterocycles. The normalized spacial score (nSPS) is 12.1. The van der Waals surface area contributed by atoms with Crippen LogP contribution in [0.2, 0.25) is 5.02 Å². The molecule has 1 aromatic heterocycles. The highest BCUT2D eigenvalue weighted by molar-refractivity contribution is 8.00. The summed E-state index contributed by atoms with van der Waals surface area (Å²) in [6, 6.07) is 14.4. The lowest BCUT2D eigenvalue weighted by molar-refractivity contribution is 0.308. The second-order valence-electron chi connectivity index (χ2n) is 6.97. The van der Waals surface area contributed by atoms with Gasteiger partial charge in [-0.05, 0) is 61.2 Å². The quantitative estimate of drug-likeness (QED) is 0.358. The van der Waals surface area contributed by atoms with Gasteiger partial charge in [0.2, 0.25) is 0 Å². The standard InChI is InChI=1S/C23H27ClN2OS/c1-3-4-5-19-6-11-23(18(2)14-19)28-22(15-26-13-12-25-17-26)16-27-21-9-7-20(24)8-10-21/h6-14,17,22H,3-5,15-16H2,1-2H3. The molecular weight excluding hydrogens is 388 g/mol. The van der Waals surface area contributed by atoms with Crippen molar-refractivity contribution in [3.63, 3.8) is 0 Å². The average Bonchev–Trinajstić information content (AvgIpc) is 3.20. The first-order valence-electron chi connectivity index (χ1n) is 9.74. The minimum Gasteiger partial charge on any atom is -0.492 e. The highest BCUT2D eigenvalue weighted by Gasteiger charge is 2.15. The van der Waals surface area contributed by atoms with Crippen molar-refractivity contribution >= 4 is 23.4 Å². The molecule has 1 unspecified atom stereocenters. The van der Waals surface area contributed by atoms with Gasteiger partial charge in [0.15, 0.2) is 0 Å². The molecule has 0 amide bonds. The van der Waals surface area contributed by atoms with Crippen molar-refractivity contribution in [2.75, 3.05) is 6.61 Å². The van der Waals surface area contributed by atoms with E-state index in [-0.39, 0.29) is 5.25 Å². The van der Waals surface area contributed by atoms with Gasteiger partial charge in [-0.3, -0.25) is 0 Å². The molecule has 0 N–H and O–H groups in total. The van der Waals surface area contributed by atoms with E-state index >= 15 is 0 Å². The van der Waals surface area contributed by atoms with Crippen LogP contribution in [0.25, 0.3) is 0 Å². The lowest BCUT2D eigenvalue weighted by atomic mass is 10.1. The van der Waals surface area contributed by atoms with Crippen molar-refractivity contribution in [1.29, 1.82) is 0 Å². The Balaban J connectivity index is 1.68. The number of benzene rings is 2. The van der Waals surface area contributed by atoms with E-state index in [1.807, 2.05) is 54.7 Å². The van der Waals surface area contributed by atoms with Gasteiger partial charge in [0.1, 0.15) is 12.4 Å². The van der Waals surface area contributed by atoms with E-state index in [1.165, 1.54) is 28.9 Å². The molecule has 28 heavy (non-hydrogen) atoms. The number of aryl methyl sites for hydroxylation is 2. The zero-order chi connectivity index (χ0) is 19.8. The summed E-state index contributed by atoms with van der Waals surface area (Å²) in [5.74, 6) is 0.840. The van der Waals surface area contributed by atoms with Crippen LogP contribution in [-0.4, -0.2) is 21.4 Å². The topological polar surface area (TPSA) is 27.1 Å². The molecule has 2 aromatic carbocycles. The summed E-state index contributed by atoms with van der Waals surface area (Å²) in [7, 11) is 0. The van der Waals surface area contributed by atoms with Crippen LogP contribution in [0, 0.1) is 6.92 Å². The number of nitrogens with zero attached hydrogens (tertiary/aromatic N) is 2. The first kappa shape index (κ1) is 20.8. The fraction of sp³-hybridized carbons (Fsp3) is 0.348. The molecule has 0 spiro atoms. The molecule has 0 aliphatic carbocycles. The van der Waals surface area contributed by atoms with Crippen molar-refractivity contribution in [1.82, 2.24) is 9.55 Å². The van der Waals surface area contributed by atoms with E-state index in [4.69, 9.17) is 16.3 Å². The van der Waals surface area contributed by atoms with Crippen LogP contribution in [0.1, 0.15) is 30.9 Å². The number of aromatic nitrogens is 2. The number of halogens is 1. The van der Waals surface area contributed by atoms with Crippen LogP contribution in [-0.2, 0) is 13.0 Å². The molecule has 0 aliphatic rings. The number of rotatable bonds is 10. The van der Waals surface area contributed by atoms with Crippen LogP contribution in [0.5, 0.6) is 5.75 Å². The highest BCUT2D eigenvalue weighted by Crippen LogP contribution is 2.29. The van der Waals surface area contributed by atoms with Crippen LogP contribution < -0.4 is 4.74 Å². The molecule has 3 rings (SSSR count). The lowest BCUT2D eigenvalue weighted by Crippen LogP contribution is -2.20. The molecule has 0 aliphatic heterocycles. The maximum atomic E-state index is 6.05. The van der Waals surface area contributed by atoms with Crippen LogP contribution in [0.4, 0.5) is 0 Å². The van der Waals surface area contributed by atoms with Crippen LogP contribution in [0.3, 0.4) is 0 Å². The number of hydrogen-bond donors (Lipinski definition) is 0. The number of ether oxygens (including phenoxy) is 1. The molecule has 3 aromatic rings. The number of unbranched alkanes of at least 4 members (excludes halogenated alkanes) is 1. The summed E-state index contributed by atoms with van der Waals surface area (Å²) in [4.78, 5) is 5.48. The molecule has 0 fully saturated rings. The fourth-order valence-corrected chi connectivity index (χ4v) is 4.29. The Kier molecular flexibility index (Phi) is 7.87. The summed E-state index contributed by atoms with van der Waals surface area (Å²) >= 11 is 7.84. The number of thioether (sulfide) groups is 1. The van der Waals surface area contributed by atoms with E-state index < -0.39 is 0 Å². The molecule has 0 radical (unpaired) electrons. The van der Waals surface area contributed by atoms with Crippen molar-refractivity contribution in [2.24, 2.45) is 0 Å². The van der Waals surface area contributed by atoms with Crippen molar-refractivity contribution in [3.8, 4) is 5.75 Å². The van der Waals surface area contributed by atoms with Crippen molar-refractivity contribution < 1.29 is 4.74 Å². The maximum Gasteiger partial charge on any atom is 0.119 e. The van der Waals surface area contributed by atoms with Gasteiger partial charge in [-0.25, -0.2) is 4.98 Å². The second-order valence-corrected chi connectivity index (χ2v) is 8.75. The molecule has 1 atom stereocenters. The zero-order valence-corrected chi connectivity index (χ0v) is 18.0. The Labute approximate surface area is 177 Å². The highest BCUT2D eigenvalue weighted by atomic mass is 35.5. The minimum absolute atomic E-state index is 0.269. The summed E-state index contributed by atoms with van der Waals surface area (Å²) < 4.78 is 8.15. The van der Waals surface area contributed by atoms with Gasteiger partial charge in [-0.1, -0.05) is 37.1 Å². The summed E-state index contributed by atoms with van der Waals surface area (Å²) in [5, 5.41) is 0.987. The van der Waals surface area contributed by atoms with E-state index in [0.717, 1.165) is 23.7 Å². The summed E-state index contributed by atoms with van der Waals surface area (Å²) in [5.41, 5.74) is 2.76. The van der Waals surface area contributed by atoms with Gasteiger partial charge in [-0.15, -0.1) is 11.8 Å². The summed E-state index contributed by atoms with van der Waals surface area (Å²) in [6.45, 7) is 5.89. The minimum atomic E-state index is 0.269. The third kappa shape index (κ3) is 6.32. The fourth-order valence-electron chi connectivity index (χ4n) is 3.03. The van der Waals surface area contributed by atoms with Gasteiger partial charge in [0.25, 0.3) is 0 Å². The van der Waals surface area contributed by atoms with E-state index in [2.05, 4.69) is 41.6 Å². The Morgan fingerprint density at radius 3 is 2.68 bits per heavy atom. The molecule has 3 nitrogen and oxygen atoms in total. The van der Waals surface area contributed by atoms with Gasteiger partial charge < -0.3 is 9.30 Å². The monoisotopic (exact) mass is 414 g/mol. The SMILES string of the molecule is CCCCc1ccc(SC(COc2ccc(Cl)cc2)Cn2ccnc2)c(C)c1.